The van der Waals surface area contributed by atoms with Gasteiger partial charge in [-0.15, -0.1) is 0 Å². The number of hydrogen-bond donors (Lipinski definition) is 0. The largest absolute Gasteiger partial charge is 0.291 e. The Morgan fingerprint density at radius 1 is 1.64 bits per heavy atom. The van der Waals surface area contributed by atoms with Crippen LogP contribution >= 0.6 is 22.9 Å². The van der Waals surface area contributed by atoms with Crippen molar-refractivity contribution in [3.8, 4) is 0 Å². The molecule has 5 heteroatoms. The minimum Gasteiger partial charge on any atom is -0.291 e. The van der Waals surface area contributed by atoms with E-state index in [0.29, 0.717) is 4.34 Å². The molecule has 0 saturated carbocycles. The maximum absolute atomic E-state index is 10.9. The van der Waals surface area contributed by atoms with Gasteiger partial charge in [-0.2, -0.15) is 0 Å². The van der Waals surface area contributed by atoms with E-state index in [1.165, 1.54) is 13.1 Å². The topological polar surface area (TPSA) is 47.0 Å². The van der Waals surface area contributed by atoms with Crippen LogP contribution in [0.2, 0.25) is 4.34 Å². The van der Waals surface area contributed by atoms with Gasteiger partial charge in [0.15, 0.2) is 5.01 Å². The molecule has 0 atom stereocenters. The van der Waals surface area contributed by atoms with E-state index in [1.54, 1.807) is 0 Å². The van der Waals surface area contributed by atoms with E-state index in [4.69, 9.17) is 11.6 Å². The van der Waals surface area contributed by atoms with E-state index in [0.717, 1.165) is 11.3 Å². The molecule has 0 aliphatic carbocycles. The number of halogens is 1. The molecule has 0 N–H and O–H groups in total. The lowest BCUT2D eigenvalue weighted by Crippen LogP contribution is -2.08. The summed E-state index contributed by atoms with van der Waals surface area (Å²) in [7, 11) is 0. The van der Waals surface area contributed by atoms with Crippen LogP contribution in [0.1, 0.15) is 16.7 Å². The molecule has 0 bridgehead atoms. The van der Waals surface area contributed by atoms with E-state index in [-0.39, 0.29) is 5.01 Å². The van der Waals surface area contributed by atoms with Crippen molar-refractivity contribution in [3.05, 3.63) is 15.5 Å². The molecule has 0 unspecified atom stereocenters. The van der Waals surface area contributed by atoms with E-state index in [1.807, 2.05) is 0 Å². The van der Waals surface area contributed by atoms with Crippen LogP contribution in [0.3, 0.4) is 0 Å². The predicted octanol–water partition coefficient (Wildman–Crippen LogP) is 1.57. The summed E-state index contributed by atoms with van der Waals surface area (Å²) >= 11 is 6.51. The van der Waals surface area contributed by atoms with Crippen molar-refractivity contribution in [2.24, 2.45) is 0 Å². The molecular formula is C6H4ClNO2S. The molecule has 58 valence electrons. The van der Waals surface area contributed by atoms with Crippen LogP contribution in [-0.4, -0.2) is 16.6 Å². The van der Waals surface area contributed by atoms with E-state index < -0.39 is 11.6 Å². The smallest absolute Gasteiger partial charge is 0.256 e. The molecule has 0 aliphatic heterocycles. The van der Waals surface area contributed by atoms with Gasteiger partial charge in [-0.1, -0.05) is 22.9 Å². The molecule has 1 aromatic rings. The average molecular weight is 190 g/mol. The fraction of sp³-hybridized carbons (Fsp3) is 0.167. The van der Waals surface area contributed by atoms with Crippen LogP contribution in [0, 0.1) is 0 Å². The minimum absolute atomic E-state index is 0.155. The van der Waals surface area contributed by atoms with Gasteiger partial charge < -0.3 is 0 Å². The van der Waals surface area contributed by atoms with Gasteiger partial charge in [-0.25, -0.2) is 4.98 Å². The molecule has 1 heterocycles. The highest BCUT2D eigenvalue weighted by molar-refractivity contribution is 7.18. The quantitative estimate of drug-likeness (QED) is 0.524. The van der Waals surface area contributed by atoms with E-state index in [2.05, 4.69) is 4.98 Å². The fourth-order valence-electron chi connectivity index (χ4n) is 0.510. The van der Waals surface area contributed by atoms with Crippen LogP contribution in [0.4, 0.5) is 0 Å². The highest BCUT2D eigenvalue weighted by atomic mass is 35.5. The number of thiazole rings is 1. The Morgan fingerprint density at radius 2 is 2.27 bits per heavy atom. The first-order valence-electron chi connectivity index (χ1n) is 2.78. The summed E-state index contributed by atoms with van der Waals surface area (Å²) in [5, 5.41) is 0.155. The molecule has 0 fully saturated rings. The minimum atomic E-state index is -0.582. The highest BCUT2D eigenvalue weighted by Crippen LogP contribution is 2.18. The van der Waals surface area contributed by atoms with Crippen LogP contribution in [0.15, 0.2) is 6.20 Å². The second kappa shape index (κ2) is 3.11. The summed E-state index contributed by atoms with van der Waals surface area (Å²) in [6.07, 6.45) is 1.35. The van der Waals surface area contributed by atoms with Gasteiger partial charge in [0, 0.05) is 6.92 Å². The molecule has 0 spiro atoms. The lowest BCUT2D eigenvalue weighted by atomic mass is 10.3. The summed E-state index contributed by atoms with van der Waals surface area (Å²) in [4.78, 5) is 25.1. The van der Waals surface area contributed by atoms with Crippen molar-refractivity contribution >= 4 is 34.5 Å². The Hall–Kier alpha value is -0.740. The Labute approximate surface area is 72.0 Å². The SMILES string of the molecule is CC(=O)C(=O)c1ncc(Cl)s1. The molecule has 1 rings (SSSR count). The number of rotatable bonds is 2. The molecule has 3 nitrogen and oxygen atoms in total. The van der Waals surface area contributed by atoms with Crippen molar-refractivity contribution in [2.45, 2.75) is 6.92 Å². The summed E-state index contributed by atoms with van der Waals surface area (Å²) in [5.74, 6) is -1.10. The lowest BCUT2D eigenvalue weighted by molar-refractivity contribution is -0.113. The molecule has 0 aliphatic rings. The number of Topliss-reactive ketones (excluding diaryl/α,β-unsaturated/α-hetero) is 2. The number of aromatic nitrogens is 1. The Bertz CT molecular complexity index is 307. The van der Waals surface area contributed by atoms with Crippen LogP contribution in [0.5, 0.6) is 0 Å². The van der Waals surface area contributed by atoms with Crippen molar-refractivity contribution in [2.75, 3.05) is 0 Å². The van der Waals surface area contributed by atoms with Crippen LogP contribution in [0.25, 0.3) is 0 Å². The first kappa shape index (κ1) is 8.36. The summed E-state index contributed by atoms with van der Waals surface area (Å²) < 4.78 is 0.412. The summed E-state index contributed by atoms with van der Waals surface area (Å²) in [5.41, 5.74) is 0. The maximum atomic E-state index is 10.9. The third-order valence-electron chi connectivity index (χ3n) is 0.991. The molecule has 1 aromatic heterocycles. The van der Waals surface area contributed by atoms with Crippen molar-refractivity contribution in [3.63, 3.8) is 0 Å². The van der Waals surface area contributed by atoms with Crippen LogP contribution < -0.4 is 0 Å². The zero-order valence-electron chi connectivity index (χ0n) is 5.63. The Balaban J connectivity index is 2.94. The number of ketones is 2. The van der Waals surface area contributed by atoms with Gasteiger partial charge in [0.25, 0.3) is 5.78 Å². The highest BCUT2D eigenvalue weighted by Gasteiger charge is 2.14. The lowest BCUT2D eigenvalue weighted by Gasteiger charge is -1.85. The second-order valence-corrected chi connectivity index (χ2v) is 3.52. The number of nitrogens with zero attached hydrogens (tertiary/aromatic N) is 1. The monoisotopic (exact) mass is 189 g/mol. The summed E-state index contributed by atoms with van der Waals surface area (Å²) in [6.45, 7) is 1.21. The Kier molecular flexibility index (Phi) is 2.36. The number of hydrogen-bond acceptors (Lipinski definition) is 4. The van der Waals surface area contributed by atoms with Gasteiger partial charge in [0.2, 0.25) is 5.78 Å². The maximum Gasteiger partial charge on any atom is 0.256 e. The average Bonchev–Trinajstić information content (AvgIpc) is 2.34. The number of carbonyl (C=O) groups excluding carboxylic acids is 2. The van der Waals surface area contributed by atoms with E-state index >= 15 is 0 Å². The zero-order chi connectivity index (χ0) is 8.43. The summed E-state index contributed by atoms with van der Waals surface area (Å²) in [6, 6.07) is 0. The normalized spacial score (nSPS) is 9.64. The molecule has 11 heavy (non-hydrogen) atoms. The molecule has 0 aromatic carbocycles. The fourth-order valence-corrected chi connectivity index (χ4v) is 1.41. The van der Waals surface area contributed by atoms with Crippen LogP contribution in [-0.2, 0) is 4.79 Å². The molecule has 0 saturated heterocycles. The zero-order valence-corrected chi connectivity index (χ0v) is 7.20. The number of carbonyl (C=O) groups is 2. The first-order valence-corrected chi connectivity index (χ1v) is 3.97. The molecule has 0 amide bonds. The first-order chi connectivity index (χ1) is 5.11. The van der Waals surface area contributed by atoms with Gasteiger partial charge >= 0.3 is 0 Å². The van der Waals surface area contributed by atoms with E-state index in [9.17, 15) is 9.59 Å². The molecular weight excluding hydrogens is 186 g/mol. The van der Waals surface area contributed by atoms with Crippen molar-refractivity contribution < 1.29 is 9.59 Å². The third-order valence-corrected chi connectivity index (χ3v) is 2.11. The van der Waals surface area contributed by atoms with Gasteiger partial charge in [-0.3, -0.25) is 9.59 Å². The standard InChI is InChI=1S/C6H4ClNO2S/c1-3(9)5(10)6-8-2-4(7)11-6/h2H,1H3. The van der Waals surface area contributed by atoms with Gasteiger partial charge in [-0.05, 0) is 0 Å². The molecule has 0 radical (unpaired) electrons. The second-order valence-electron chi connectivity index (χ2n) is 1.85. The predicted molar refractivity (Wildman–Crippen MR) is 42.1 cm³/mol. The Morgan fingerprint density at radius 3 is 2.64 bits per heavy atom. The van der Waals surface area contributed by atoms with Gasteiger partial charge in [0.1, 0.15) is 4.34 Å². The van der Waals surface area contributed by atoms with Crippen molar-refractivity contribution in [1.82, 2.24) is 4.98 Å². The van der Waals surface area contributed by atoms with Crippen molar-refractivity contribution in [1.29, 1.82) is 0 Å². The van der Waals surface area contributed by atoms with Gasteiger partial charge in [0.05, 0.1) is 6.20 Å². The third kappa shape index (κ3) is 1.85.